The molecule has 0 heterocycles. The zero-order valence-corrected chi connectivity index (χ0v) is 14.0. The summed E-state index contributed by atoms with van der Waals surface area (Å²) < 4.78 is 5.79. The van der Waals surface area contributed by atoms with Crippen LogP contribution in [-0.4, -0.2) is 30.0 Å². The molecule has 0 unspecified atom stereocenters. The van der Waals surface area contributed by atoms with Crippen molar-refractivity contribution >= 4 is 0 Å². The maximum atomic E-state index is 9.92. The van der Waals surface area contributed by atoms with Gasteiger partial charge in [0.05, 0.1) is 18.2 Å². The number of rotatable bonds is 6. The fourth-order valence-corrected chi connectivity index (χ4v) is 3.29. The van der Waals surface area contributed by atoms with Gasteiger partial charge in [0, 0.05) is 18.6 Å². The Labute approximate surface area is 128 Å². The van der Waals surface area contributed by atoms with E-state index in [1.807, 2.05) is 6.92 Å². The normalized spacial score (nSPS) is 27.4. The Balaban J connectivity index is 2.05. The summed E-state index contributed by atoms with van der Waals surface area (Å²) in [6, 6.07) is 6.54. The van der Waals surface area contributed by atoms with E-state index in [2.05, 4.69) is 51.2 Å². The molecule has 1 aliphatic carbocycles. The number of ether oxygens (including phenoxy) is 1. The molecule has 0 aliphatic heterocycles. The van der Waals surface area contributed by atoms with Crippen molar-refractivity contribution < 1.29 is 9.84 Å². The van der Waals surface area contributed by atoms with Gasteiger partial charge in [0.15, 0.2) is 0 Å². The Kier molecular flexibility index (Phi) is 4.76. The van der Waals surface area contributed by atoms with Gasteiger partial charge in [-0.25, -0.2) is 0 Å². The Morgan fingerprint density at radius 2 is 2.00 bits per heavy atom. The lowest BCUT2D eigenvalue weighted by molar-refractivity contribution is -0.177. The lowest BCUT2D eigenvalue weighted by Crippen LogP contribution is -2.73. The van der Waals surface area contributed by atoms with Crippen molar-refractivity contribution in [2.45, 2.75) is 59.2 Å². The van der Waals surface area contributed by atoms with Gasteiger partial charge in [0.2, 0.25) is 0 Å². The second-order valence-corrected chi connectivity index (χ2v) is 6.88. The molecule has 21 heavy (non-hydrogen) atoms. The number of nitrogens with one attached hydrogen (secondary N) is 1. The highest BCUT2D eigenvalue weighted by Crippen LogP contribution is 2.51. The zero-order chi connectivity index (χ0) is 15.7. The van der Waals surface area contributed by atoms with Crippen LogP contribution >= 0.6 is 0 Å². The van der Waals surface area contributed by atoms with Gasteiger partial charge < -0.3 is 15.2 Å². The van der Waals surface area contributed by atoms with Gasteiger partial charge in [-0.15, -0.1) is 0 Å². The Bertz CT molecular complexity index is 498. The average molecular weight is 291 g/mol. The summed E-state index contributed by atoms with van der Waals surface area (Å²) in [5.41, 5.74) is 3.59. The SMILES string of the molecule is CCO[C@@H]1C[C@@](CO)(NCc2ccc(C)c(C)c2)C1(C)C. The summed E-state index contributed by atoms with van der Waals surface area (Å²) in [6.07, 6.45) is 1.09. The molecule has 1 aromatic carbocycles. The summed E-state index contributed by atoms with van der Waals surface area (Å²) in [6.45, 7) is 12.3. The van der Waals surface area contributed by atoms with Crippen LogP contribution in [0.5, 0.6) is 0 Å². The van der Waals surface area contributed by atoms with Crippen LogP contribution in [0.4, 0.5) is 0 Å². The van der Waals surface area contributed by atoms with Gasteiger partial charge in [0.25, 0.3) is 0 Å². The quantitative estimate of drug-likeness (QED) is 0.846. The smallest absolute Gasteiger partial charge is 0.0663 e. The molecule has 2 atom stereocenters. The molecule has 2 N–H and O–H groups in total. The molecule has 0 aromatic heterocycles. The largest absolute Gasteiger partial charge is 0.394 e. The molecule has 118 valence electrons. The number of aliphatic hydroxyl groups is 1. The molecular weight excluding hydrogens is 262 g/mol. The standard InChI is InChI=1S/C18H29NO2/c1-6-21-16-10-18(12-20,17(16,4)5)19-11-15-8-7-13(2)14(3)9-15/h7-9,16,19-20H,6,10-12H2,1-5H3/t16-,18+/m1/s1. The van der Waals surface area contributed by atoms with E-state index >= 15 is 0 Å². The summed E-state index contributed by atoms with van der Waals surface area (Å²) in [4.78, 5) is 0. The van der Waals surface area contributed by atoms with E-state index in [-0.39, 0.29) is 23.7 Å². The Hall–Kier alpha value is -0.900. The fourth-order valence-electron chi connectivity index (χ4n) is 3.29. The lowest BCUT2D eigenvalue weighted by Gasteiger charge is -2.60. The van der Waals surface area contributed by atoms with Crippen LogP contribution in [-0.2, 0) is 11.3 Å². The molecule has 1 saturated carbocycles. The second kappa shape index (κ2) is 6.07. The predicted octanol–water partition coefficient (Wildman–Crippen LogP) is 2.96. The Morgan fingerprint density at radius 3 is 2.52 bits per heavy atom. The van der Waals surface area contributed by atoms with Crippen LogP contribution in [0.1, 0.15) is 43.9 Å². The summed E-state index contributed by atoms with van der Waals surface area (Å²) in [7, 11) is 0. The van der Waals surface area contributed by atoms with Crippen LogP contribution < -0.4 is 5.32 Å². The van der Waals surface area contributed by atoms with E-state index in [4.69, 9.17) is 4.74 Å². The highest BCUT2D eigenvalue weighted by molar-refractivity contribution is 5.30. The van der Waals surface area contributed by atoms with Crippen molar-refractivity contribution in [2.24, 2.45) is 5.41 Å². The molecule has 0 radical (unpaired) electrons. The first-order valence-corrected chi connectivity index (χ1v) is 7.90. The molecule has 0 amide bonds. The number of aryl methyl sites for hydroxylation is 2. The molecule has 0 spiro atoms. The van der Waals surface area contributed by atoms with Crippen LogP contribution in [0.15, 0.2) is 18.2 Å². The highest BCUT2D eigenvalue weighted by atomic mass is 16.5. The monoisotopic (exact) mass is 291 g/mol. The van der Waals surface area contributed by atoms with Crippen LogP contribution in [0.3, 0.4) is 0 Å². The van der Waals surface area contributed by atoms with Gasteiger partial charge in [-0.3, -0.25) is 0 Å². The van der Waals surface area contributed by atoms with Gasteiger partial charge in [-0.1, -0.05) is 32.0 Å². The molecule has 2 rings (SSSR count). The second-order valence-electron chi connectivity index (χ2n) is 6.88. The first-order valence-electron chi connectivity index (χ1n) is 7.90. The van der Waals surface area contributed by atoms with Crippen LogP contribution in [0.25, 0.3) is 0 Å². The van der Waals surface area contributed by atoms with Crippen LogP contribution in [0.2, 0.25) is 0 Å². The van der Waals surface area contributed by atoms with Gasteiger partial charge in [-0.2, -0.15) is 0 Å². The van der Waals surface area contributed by atoms with Gasteiger partial charge >= 0.3 is 0 Å². The third-order valence-electron chi connectivity index (χ3n) is 5.41. The van der Waals surface area contributed by atoms with Gasteiger partial charge in [-0.05, 0) is 43.9 Å². The zero-order valence-electron chi connectivity index (χ0n) is 14.0. The van der Waals surface area contributed by atoms with E-state index in [1.165, 1.54) is 16.7 Å². The van der Waals surface area contributed by atoms with E-state index in [1.54, 1.807) is 0 Å². The van der Waals surface area contributed by atoms with E-state index < -0.39 is 0 Å². The van der Waals surface area contributed by atoms with Gasteiger partial charge in [0.1, 0.15) is 0 Å². The summed E-state index contributed by atoms with van der Waals surface area (Å²) >= 11 is 0. The summed E-state index contributed by atoms with van der Waals surface area (Å²) in [5.74, 6) is 0. The Morgan fingerprint density at radius 1 is 1.29 bits per heavy atom. The minimum Gasteiger partial charge on any atom is -0.394 e. The van der Waals surface area contributed by atoms with Crippen molar-refractivity contribution in [1.29, 1.82) is 0 Å². The molecule has 1 fully saturated rings. The predicted molar refractivity (Wildman–Crippen MR) is 86.4 cm³/mol. The van der Waals surface area contributed by atoms with Crippen molar-refractivity contribution in [3.05, 3.63) is 34.9 Å². The molecule has 1 aromatic rings. The van der Waals surface area contributed by atoms with Crippen molar-refractivity contribution in [3.63, 3.8) is 0 Å². The van der Waals surface area contributed by atoms with Crippen molar-refractivity contribution in [2.75, 3.05) is 13.2 Å². The third-order valence-corrected chi connectivity index (χ3v) is 5.41. The molecular formula is C18H29NO2. The lowest BCUT2D eigenvalue weighted by atomic mass is 9.54. The number of benzene rings is 1. The average Bonchev–Trinajstić information content (AvgIpc) is 2.45. The van der Waals surface area contributed by atoms with Crippen molar-refractivity contribution in [3.8, 4) is 0 Å². The van der Waals surface area contributed by atoms with Crippen LogP contribution in [0, 0.1) is 19.3 Å². The minimum absolute atomic E-state index is 0.0580. The highest BCUT2D eigenvalue weighted by Gasteiger charge is 2.60. The minimum atomic E-state index is -0.244. The van der Waals surface area contributed by atoms with E-state index in [0.29, 0.717) is 0 Å². The first-order chi connectivity index (χ1) is 9.86. The first kappa shape index (κ1) is 16.5. The van der Waals surface area contributed by atoms with E-state index in [9.17, 15) is 5.11 Å². The summed E-state index contributed by atoms with van der Waals surface area (Å²) in [5, 5.41) is 13.5. The topological polar surface area (TPSA) is 41.5 Å². The maximum Gasteiger partial charge on any atom is 0.0663 e. The van der Waals surface area contributed by atoms with Crippen molar-refractivity contribution in [1.82, 2.24) is 5.32 Å². The molecule has 0 saturated heterocycles. The number of aliphatic hydroxyl groups excluding tert-OH is 1. The molecule has 3 heteroatoms. The number of hydrogen-bond acceptors (Lipinski definition) is 3. The number of hydrogen-bond donors (Lipinski definition) is 2. The van der Waals surface area contributed by atoms with E-state index in [0.717, 1.165) is 19.6 Å². The maximum absolute atomic E-state index is 9.92. The molecule has 0 bridgehead atoms. The third kappa shape index (κ3) is 2.87. The fraction of sp³-hybridized carbons (Fsp3) is 0.667. The molecule has 3 nitrogen and oxygen atoms in total. The molecule has 1 aliphatic rings.